The van der Waals surface area contributed by atoms with Crippen LogP contribution in [-0.2, 0) is 24.2 Å². The van der Waals surface area contributed by atoms with Crippen LogP contribution in [0, 0.1) is 12.4 Å². The molecule has 2 fully saturated rings. The summed E-state index contributed by atoms with van der Waals surface area (Å²) in [5.74, 6) is 1.54. The van der Waals surface area contributed by atoms with Crippen LogP contribution < -0.4 is 4.74 Å². The number of methoxy groups -OCH3 is 1. The van der Waals surface area contributed by atoms with Crippen molar-refractivity contribution >= 4 is 28.5 Å². The van der Waals surface area contributed by atoms with Crippen LogP contribution in [0.25, 0.3) is 15.9 Å². The van der Waals surface area contributed by atoms with Crippen LogP contribution in [0.1, 0.15) is 42.8 Å². The molecule has 0 amide bonds. The predicted molar refractivity (Wildman–Crippen MR) is 150 cm³/mol. The minimum Gasteiger partial charge on any atom is -0.474 e. The fourth-order valence-electron chi connectivity index (χ4n) is 5.31. The third-order valence-corrected chi connectivity index (χ3v) is 8.09. The number of benzene rings is 1. The molecule has 3 aromatic heterocycles. The van der Waals surface area contributed by atoms with E-state index in [0.717, 1.165) is 67.9 Å². The van der Waals surface area contributed by atoms with Crippen LogP contribution in [0.15, 0.2) is 48.7 Å². The van der Waals surface area contributed by atoms with Crippen LogP contribution >= 0.6 is 11.6 Å². The van der Waals surface area contributed by atoms with Crippen LogP contribution in [0.2, 0.25) is 5.02 Å². The zero-order valence-electron chi connectivity index (χ0n) is 22.3. The number of aromatic nitrogens is 4. The van der Waals surface area contributed by atoms with Crippen molar-refractivity contribution in [3.8, 4) is 5.88 Å². The molecule has 1 aliphatic heterocycles. The van der Waals surface area contributed by atoms with Gasteiger partial charge in [0.2, 0.25) is 5.88 Å². The average molecular weight is 561 g/mol. The molecule has 8 nitrogen and oxygen atoms in total. The Labute approximate surface area is 237 Å². The highest BCUT2D eigenvalue weighted by molar-refractivity contribution is 6.30. The van der Waals surface area contributed by atoms with Gasteiger partial charge in [-0.25, -0.2) is 14.4 Å². The molecule has 6 rings (SSSR count). The van der Waals surface area contributed by atoms with E-state index >= 15 is 0 Å². The molecule has 2 aliphatic rings. The lowest BCUT2D eigenvalue weighted by Crippen LogP contribution is -2.38. The second kappa shape index (κ2) is 11.1. The summed E-state index contributed by atoms with van der Waals surface area (Å²) in [6.45, 7) is 10.5. The van der Waals surface area contributed by atoms with Crippen molar-refractivity contribution < 1.29 is 13.9 Å². The molecule has 1 aliphatic carbocycles. The summed E-state index contributed by atoms with van der Waals surface area (Å²) in [7, 11) is 1.77. The summed E-state index contributed by atoms with van der Waals surface area (Å²) in [6.07, 6.45) is 5.97. The van der Waals surface area contributed by atoms with Crippen molar-refractivity contribution in [1.29, 1.82) is 0 Å². The van der Waals surface area contributed by atoms with Gasteiger partial charge in [0.1, 0.15) is 29.5 Å². The standard InChI is InChI=1S/C30H30ClFN6O2/c1-33-27-16-25-26(17-34-27)38(19-30(39-2)10-11-30)28(36-25)18-37-12-8-23(9-13-37)40-29-5-3-4-22(35-29)14-20-6-7-21(31)15-24(20)32/h3-7,15-17,23H,8-14,18-19H2,2H3. The minimum atomic E-state index is -0.334. The van der Waals surface area contributed by atoms with Crippen molar-refractivity contribution in [1.82, 2.24) is 24.4 Å². The monoisotopic (exact) mass is 560 g/mol. The van der Waals surface area contributed by atoms with E-state index in [-0.39, 0.29) is 17.5 Å². The Morgan fingerprint density at radius 1 is 1.15 bits per heavy atom. The number of halogens is 2. The van der Waals surface area contributed by atoms with Crippen LogP contribution in [-0.4, -0.2) is 56.3 Å². The molecule has 1 saturated carbocycles. The maximum absolute atomic E-state index is 14.2. The zero-order valence-corrected chi connectivity index (χ0v) is 23.1. The third-order valence-electron chi connectivity index (χ3n) is 7.86. The van der Waals surface area contributed by atoms with Crippen molar-refractivity contribution in [2.45, 2.75) is 56.9 Å². The Hall–Kier alpha value is -3.58. The highest BCUT2D eigenvalue weighted by atomic mass is 35.5. The first-order valence-electron chi connectivity index (χ1n) is 13.5. The number of likely N-dealkylation sites (tertiary alicyclic amines) is 1. The van der Waals surface area contributed by atoms with E-state index in [9.17, 15) is 4.39 Å². The maximum Gasteiger partial charge on any atom is 0.271 e. The largest absolute Gasteiger partial charge is 0.474 e. The molecule has 0 atom stereocenters. The van der Waals surface area contributed by atoms with Gasteiger partial charge in [0, 0.05) is 43.4 Å². The van der Waals surface area contributed by atoms with Gasteiger partial charge in [-0.15, -0.1) is 4.98 Å². The molecule has 0 unspecified atom stereocenters. The molecule has 0 bridgehead atoms. The first-order chi connectivity index (χ1) is 19.4. The van der Waals surface area contributed by atoms with Crippen molar-refractivity contribution in [3.63, 3.8) is 0 Å². The average Bonchev–Trinajstić information content (AvgIpc) is 3.67. The lowest BCUT2D eigenvalue weighted by atomic mass is 10.1. The highest BCUT2D eigenvalue weighted by Crippen LogP contribution is 2.41. The van der Waals surface area contributed by atoms with Gasteiger partial charge in [-0.05, 0) is 55.5 Å². The number of rotatable bonds is 9. The Bertz CT molecular complexity index is 1570. The van der Waals surface area contributed by atoms with E-state index in [1.807, 2.05) is 18.2 Å². The number of imidazole rings is 1. The summed E-state index contributed by atoms with van der Waals surface area (Å²) in [5.41, 5.74) is 2.89. The van der Waals surface area contributed by atoms with Crippen molar-refractivity contribution in [2.75, 3.05) is 20.2 Å². The van der Waals surface area contributed by atoms with E-state index in [4.69, 9.17) is 32.6 Å². The first-order valence-corrected chi connectivity index (χ1v) is 13.9. The number of fused-ring (bicyclic) bond motifs is 1. The van der Waals surface area contributed by atoms with Crippen molar-refractivity contribution in [3.05, 3.63) is 88.0 Å². The van der Waals surface area contributed by atoms with E-state index in [1.165, 1.54) is 6.07 Å². The van der Waals surface area contributed by atoms with Gasteiger partial charge in [-0.2, -0.15) is 0 Å². The first kappa shape index (κ1) is 26.6. The summed E-state index contributed by atoms with van der Waals surface area (Å²) in [4.78, 5) is 19.7. The van der Waals surface area contributed by atoms with Gasteiger partial charge in [0.15, 0.2) is 0 Å². The maximum atomic E-state index is 14.2. The van der Waals surface area contributed by atoms with Gasteiger partial charge in [-0.3, -0.25) is 4.90 Å². The summed E-state index contributed by atoms with van der Waals surface area (Å²) >= 11 is 5.88. The third kappa shape index (κ3) is 5.80. The lowest BCUT2D eigenvalue weighted by molar-refractivity contribution is 0.0631. The Balaban J connectivity index is 1.10. The molecular weight excluding hydrogens is 531 g/mol. The fraction of sp³-hybridized carbons (Fsp3) is 0.400. The molecule has 1 aromatic carbocycles. The summed E-state index contributed by atoms with van der Waals surface area (Å²) < 4.78 is 28.5. The molecule has 4 aromatic rings. The Morgan fingerprint density at radius 2 is 1.98 bits per heavy atom. The predicted octanol–water partition coefficient (Wildman–Crippen LogP) is 5.98. The molecular formula is C30H30ClFN6O2. The second-order valence-electron chi connectivity index (χ2n) is 10.6. The quantitative estimate of drug-likeness (QED) is 0.234. The summed E-state index contributed by atoms with van der Waals surface area (Å²) in [6, 6.07) is 12.1. The van der Waals surface area contributed by atoms with Gasteiger partial charge >= 0.3 is 0 Å². The Morgan fingerprint density at radius 3 is 2.70 bits per heavy atom. The number of ether oxygens (including phenoxy) is 2. The van der Waals surface area contributed by atoms with E-state index in [1.54, 1.807) is 31.5 Å². The lowest BCUT2D eigenvalue weighted by Gasteiger charge is -2.32. The molecule has 0 spiro atoms. The molecule has 0 radical (unpaired) electrons. The number of pyridine rings is 2. The number of piperidine rings is 1. The smallest absolute Gasteiger partial charge is 0.271 e. The molecule has 40 heavy (non-hydrogen) atoms. The summed E-state index contributed by atoms with van der Waals surface area (Å²) in [5, 5.41) is 0.378. The normalized spacial score (nSPS) is 17.1. The Kier molecular flexibility index (Phi) is 7.41. The highest BCUT2D eigenvalue weighted by Gasteiger charge is 2.44. The molecule has 0 N–H and O–H groups in total. The number of hydrogen-bond donors (Lipinski definition) is 0. The van der Waals surface area contributed by atoms with E-state index < -0.39 is 0 Å². The van der Waals surface area contributed by atoms with Gasteiger partial charge in [0.05, 0.1) is 24.2 Å². The van der Waals surface area contributed by atoms with Crippen molar-refractivity contribution in [2.24, 2.45) is 0 Å². The van der Waals surface area contributed by atoms with Crippen LogP contribution in [0.3, 0.4) is 0 Å². The van der Waals surface area contributed by atoms with Crippen LogP contribution in [0.4, 0.5) is 10.2 Å². The topological polar surface area (TPSA) is 69.7 Å². The number of nitrogens with zero attached hydrogens (tertiary/aromatic N) is 6. The SMILES string of the molecule is [C-]#[N+]c1cc2nc(CN3CCC(Oc4cccc(Cc5ccc(Cl)cc5F)n4)CC3)n(CC3(OC)CC3)c2cn1. The van der Waals surface area contributed by atoms with E-state index in [0.29, 0.717) is 35.2 Å². The van der Waals surface area contributed by atoms with Gasteiger partial charge in [-0.1, -0.05) is 30.3 Å². The molecule has 206 valence electrons. The van der Waals surface area contributed by atoms with Gasteiger partial charge < -0.3 is 18.9 Å². The minimum absolute atomic E-state index is 0.0544. The fourth-order valence-corrected chi connectivity index (χ4v) is 5.47. The van der Waals surface area contributed by atoms with E-state index in [2.05, 4.69) is 24.3 Å². The molecule has 4 heterocycles. The number of hydrogen-bond acceptors (Lipinski definition) is 6. The molecule has 10 heteroatoms. The molecule has 1 saturated heterocycles. The zero-order chi connectivity index (χ0) is 27.7. The van der Waals surface area contributed by atoms with Gasteiger partial charge in [0.25, 0.3) is 5.82 Å². The van der Waals surface area contributed by atoms with Crippen LogP contribution in [0.5, 0.6) is 5.88 Å². The second-order valence-corrected chi connectivity index (χ2v) is 11.1.